The van der Waals surface area contributed by atoms with Crippen molar-refractivity contribution in [1.82, 2.24) is 0 Å². The summed E-state index contributed by atoms with van der Waals surface area (Å²) in [4.78, 5) is 14.2. The van der Waals surface area contributed by atoms with E-state index in [9.17, 15) is 4.79 Å². The maximum atomic E-state index is 11.1. The monoisotopic (exact) mass is 321 g/mol. The molecule has 0 atom stereocenters. The van der Waals surface area contributed by atoms with Crippen molar-refractivity contribution in [3.8, 4) is 5.75 Å². The number of rotatable bonds is 4. The summed E-state index contributed by atoms with van der Waals surface area (Å²) >= 11 is 11.8. The molecule has 0 unspecified atom stereocenters. The van der Waals surface area contributed by atoms with Crippen molar-refractivity contribution in [3.05, 3.63) is 69.0 Å². The second-order valence-corrected chi connectivity index (χ2v) is 4.98. The van der Waals surface area contributed by atoms with Gasteiger partial charge in [-0.15, -0.1) is 0 Å². The van der Waals surface area contributed by atoms with E-state index in [1.165, 1.54) is 12.1 Å². The van der Waals surface area contributed by atoms with Gasteiger partial charge in [0.05, 0.1) is 17.2 Å². The van der Waals surface area contributed by atoms with Crippen LogP contribution in [0.5, 0.6) is 5.75 Å². The van der Waals surface area contributed by atoms with Crippen molar-refractivity contribution in [1.29, 1.82) is 0 Å². The molecule has 0 aliphatic carbocycles. The van der Waals surface area contributed by atoms with Gasteiger partial charge in [0.25, 0.3) is 0 Å². The fraction of sp³-hybridized carbons (Fsp3) is 0.0667. The molecule has 0 fully saturated rings. The van der Waals surface area contributed by atoms with Crippen molar-refractivity contribution in [3.63, 3.8) is 0 Å². The van der Waals surface area contributed by atoms with E-state index in [0.29, 0.717) is 21.4 Å². The summed E-state index contributed by atoms with van der Waals surface area (Å²) in [5.41, 5.74) is 0.676. The van der Waals surface area contributed by atoms with Gasteiger partial charge in [-0.25, -0.2) is 9.64 Å². The topological polar surface area (TPSA) is 50.9 Å². The first-order chi connectivity index (χ1) is 10.0. The maximum Gasteiger partial charge on any atom is 0.325 e. The number of halogens is 2. The highest BCUT2D eigenvalue weighted by molar-refractivity contribution is 6.35. The Hall–Kier alpha value is -2.22. The molecule has 106 valence electrons. The van der Waals surface area contributed by atoms with Crippen LogP contribution >= 0.6 is 23.2 Å². The third-order valence-electron chi connectivity index (χ3n) is 2.70. The van der Waals surface area contributed by atoms with E-state index in [1.807, 2.05) is 0 Å². The molecule has 2 aromatic carbocycles. The molecule has 2 aromatic rings. The first-order valence-electron chi connectivity index (χ1n) is 5.83. The van der Waals surface area contributed by atoms with Gasteiger partial charge in [-0.2, -0.15) is 0 Å². The average Bonchev–Trinajstić information content (AvgIpc) is 2.46. The van der Waals surface area contributed by atoms with Crippen LogP contribution < -0.4 is 4.74 Å². The van der Waals surface area contributed by atoms with Crippen LogP contribution in [0, 0.1) is 6.57 Å². The number of ether oxygens (including phenoxy) is 1. The lowest BCUT2D eigenvalue weighted by Gasteiger charge is -2.09. The summed E-state index contributed by atoms with van der Waals surface area (Å²) in [7, 11) is 0. The Morgan fingerprint density at radius 1 is 1.24 bits per heavy atom. The quantitative estimate of drug-likeness (QED) is 0.821. The second kappa shape index (κ2) is 6.49. The number of benzene rings is 2. The van der Waals surface area contributed by atoms with Crippen LogP contribution in [0.25, 0.3) is 4.85 Å². The molecule has 0 saturated carbocycles. The van der Waals surface area contributed by atoms with E-state index in [-0.39, 0.29) is 17.9 Å². The van der Waals surface area contributed by atoms with Gasteiger partial charge in [0, 0.05) is 5.02 Å². The normalized spacial score (nSPS) is 9.95. The van der Waals surface area contributed by atoms with Crippen molar-refractivity contribution in [2.75, 3.05) is 0 Å². The number of aromatic carboxylic acids is 1. The summed E-state index contributed by atoms with van der Waals surface area (Å²) in [6.45, 7) is 7.07. The molecule has 21 heavy (non-hydrogen) atoms. The molecule has 0 bridgehead atoms. The molecule has 0 heterocycles. The standard InChI is InChI=1S/C15H9Cl2NO3/c1-18-13-4-2-9(6-11(13)15(19)20)8-21-14-5-3-10(16)7-12(14)17/h2-7H,8H2,(H,19,20). The molecule has 2 rings (SSSR count). The summed E-state index contributed by atoms with van der Waals surface area (Å²) < 4.78 is 5.53. The van der Waals surface area contributed by atoms with Crippen LogP contribution in [0.1, 0.15) is 15.9 Å². The molecule has 1 N–H and O–H groups in total. The highest BCUT2D eigenvalue weighted by Crippen LogP contribution is 2.28. The third-order valence-corrected chi connectivity index (χ3v) is 3.23. The first kappa shape index (κ1) is 15.2. The highest BCUT2D eigenvalue weighted by atomic mass is 35.5. The molecule has 0 aliphatic heterocycles. The number of hydrogen-bond donors (Lipinski definition) is 1. The zero-order valence-electron chi connectivity index (χ0n) is 10.6. The predicted octanol–water partition coefficient (Wildman–Crippen LogP) is 4.82. The zero-order chi connectivity index (χ0) is 15.4. The number of hydrogen-bond acceptors (Lipinski definition) is 2. The largest absolute Gasteiger partial charge is 0.487 e. The summed E-state index contributed by atoms with van der Waals surface area (Å²) in [6, 6.07) is 9.36. The van der Waals surface area contributed by atoms with Crippen molar-refractivity contribution in [2.45, 2.75) is 6.61 Å². The minimum Gasteiger partial charge on any atom is -0.487 e. The summed E-state index contributed by atoms with van der Waals surface area (Å²) in [6.07, 6.45) is 0. The smallest absolute Gasteiger partial charge is 0.325 e. The fourth-order valence-electron chi connectivity index (χ4n) is 1.70. The van der Waals surface area contributed by atoms with Crippen molar-refractivity contribution in [2.24, 2.45) is 0 Å². The minimum atomic E-state index is -1.15. The Morgan fingerprint density at radius 3 is 2.62 bits per heavy atom. The van der Waals surface area contributed by atoms with Gasteiger partial charge >= 0.3 is 5.97 Å². The van der Waals surface area contributed by atoms with E-state index in [0.717, 1.165) is 0 Å². The van der Waals surface area contributed by atoms with E-state index in [4.69, 9.17) is 39.6 Å². The molecule has 4 nitrogen and oxygen atoms in total. The molecule has 6 heteroatoms. The zero-order valence-corrected chi connectivity index (χ0v) is 12.1. The summed E-state index contributed by atoms with van der Waals surface area (Å²) in [5, 5.41) is 9.94. The minimum absolute atomic E-state index is 0.0479. The molecule has 0 amide bonds. The molecular weight excluding hydrogens is 313 g/mol. The molecule has 0 radical (unpaired) electrons. The highest BCUT2D eigenvalue weighted by Gasteiger charge is 2.11. The van der Waals surface area contributed by atoms with Gasteiger partial charge in [0.15, 0.2) is 0 Å². The first-order valence-corrected chi connectivity index (χ1v) is 6.58. The molecule has 0 saturated heterocycles. The Bertz CT molecular complexity index is 738. The SMILES string of the molecule is [C-]#[N+]c1ccc(COc2ccc(Cl)cc2Cl)cc1C(=O)O. The Balaban J connectivity index is 2.19. The van der Waals surface area contributed by atoms with Gasteiger partial charge in [0.2, 0.25) is 5.69 Å². The Labute approximate surface area is 131 Å². The lowest BCUT2D eigenvalue weighted by atomic mass is 10.1. The number of carbonyl (C=O) groups is 1. The molecule has 0 spiro atoms. The van der Waals surface area contributed by atoms with E-state index < -0.39 is 5.97 Å². The van der Waals surface area contributed by atoms with E-state index in [1.54, 1.807) is 24.3 Å². The van der Waals surface area contributed by atoms with Crippen LogP contribution in [0.3, 0.4) is 0 Å². The van der Waals surface area contributed by atoms with Crippen LogP contribution in [0.15, 0.2) is 36.4 Å². The lowest BCUT2D eigenvalue weighted by Crippen LogP contribution is -2.01. The van der Waals surface area contributed by atoms with Gasteiger partial charge in [-0.1, -0.05) is 41.4 Å². The Morgan fingerprint density at radius 2 is 2.00 bits per heavy atom. The van der Waals surface area contributed by atoms with E-state index >= 15 is 0 Å². The molecular formula is C15H9Cl2NO3. The van der Waals surface area contributed by atoms with Crippen LogP contribution in [-0.4, -0.2) is 11.1 Å². The maximum absolute atomic E-state index is 11.1. The molecule has 0 aliphatic rings. The van der Waals surface area contributed by atoms with E-state index in [2.05, 4.69) is 4.85 Å². The van der Waals surface area contributed by atoms with Crippen molar-refractivity contribution < 1.29 is 14.6 Å². The molecule has 0 aromatic heterocycles. The number of nitrogens with zero attached hydrogens (tertiary/aromatic N) is 1. The average molecular weight is 322 g/mol. The van der Waals surface area contributed by atoms with Gasteiger partial charge in [0.1, 0.15) is 12.4 Å². The van der Waals surface area contributed by atoms with Gasteiger partial charge in [-0.3, -0.25) is 0 Å². The fourth-order valence-corrected chi connectivity index (χ4v) is 2.16. The predicted molar refractivity (Wildman–Crippen MR) is 80.5 cm³/mol. The van der Waals surface area contributed by atoms with Gasteiger partial charge < -0.3 is 9.84 Å². The van der Waals surface area contributed by atoms with Gasteiger partial charge in [-0.05, 0) is 23.8 Å². The van der Waals surface area contributed by atoms with Crippen LogP contribution in [0.2, 0.25) is 10.0 Å². The second-order valence-electron chi connectivity index (χ2n) is 4.13. The van der Waals surface area contributed by atoms with Crippen LogP contribution in [0.4, 0.5) is 5.69 Å². The summed E-state index contributed by atoms with van der Waals surface area (Å²) in [5.74, 6) is -0.695. The number of carboxylic acid groups (broad SMARTS) is 1. The Kier molecular flexibility index (Phi) is 4.69. The number of carboxylic acids is 1. The van der Waals surface area contributed by atoms with Crippen LogP contribution in [-0.2, 0) is 6.61 Å². The van der Waals surface area contributed by atoms with Crippen molar-refractivity contribution >= 4 is 34.9 Å². The lowest BCUT2D eigenvalue weighted by molar-refractivity contribution is 0.0698. The third kappa shape index (κ3) is 3.66.